The van der Waals surface area contributed by atoms with Gasteiger partial charge in [0.05, 0.1) is 6.04 Å². The molecule has 98 valence electrons. The van der Waals surface area contributed by atoms with Gasteiger partial charge in [-0.25, -0.2) is 0 Å². The number of hydrogen-bond acceptors (Lipinski definition) is 2. The number of allylic oxidation sites excluding steroid dienone is 2. The lowest BCUT2D eigenvalue weighted by Crippen LogP contribution is -2.36. The van der Waals surface area contributed by atoms with Crippen LogP contribution in [-0.2, 0) is 0 Å². The van der Waals surface area contributed by atoms with Crippen molar-refractivity contribution >= 4 is 6.21 Å². The third-order valence-electron chi connectivity index (χ3n) is 4.80. The molecule has 2 aliphatic carbocycles. The first-order valence-electron chi connectivity index (χ1n) is 7.38. The van der Waals surface area contributed by atoms with Gasteiger partial charge in [-0.15, -0.1) is 0 Å². The molecule has 3 aliphatic rings. The highest BCUT2D eigenvalue weighted by Crippen LogP contribution is 2.38. The van der Waals surface area contributed by atoms with Crippen LogP contribution in [-0.4, -0.2) is 24.0 Å². The van der Waals surface area contributed by atoms with Crippen molar-refractivity contribution in [1.82, 2.24) is 0 Å². The summed E-state index contributed by atoms with van der Waals surface area (Å²) in [5.74, 6) is 1.43. The summed E-state index contributed by atoms with van der Waals surface area (Å²) in [7, 11) is 0. The summed E-state index contributed by atoms with van der Waals surface area (Å²) in [5.41, 5.74) is 1.61. The van der Waals surface area contributed by atoms with Gasteiger partial charge in [0, 0.05) is 24.7 Å². The molecule has 0 aromatic rings. The Bertz CT molecular complexity index is 383. The Labute approximate surface area is 110 Å². The second kappa shape index (κ2) is 5.40. The Balaban J connectivity index is 1.76. The highest BCUT2D eigenvalue weighted by atomic mass is 16.3. The average Bonchev–Trinajstić information content (AvgIpc) is 2.47. The molecule has 0 amide bonds. The molecule has 3 rings (SSSR count). The second-order valence-corrected chi connectivity index (χ2v) is 5.91. The molecule has 0 aromatic heterocycles. The molecular formula is C16H23NO. The number of fused-ring (bicyclic) bond motifs is 1. The summed E-state index contributed by atoms with van der Waals surface area (Å²) in [4.78, 5) is 4.78. The van der Waals surface area contributed by atoms with Gasteiger partial charge in [-0.1, -0.05) is 23.8 Å². The molecule has 1 aliphatic heterocycles. The quantitative estimate of drug-likeness (QED) is 0.745. The van der Waals surface area contributed by atoms with Gasteiger partial charge in [0.2, 0.25) is 0 Å². The van der Waals surface area contributed by atoms with Crippen LogP contribution in [0.3, 0.4) is 0 Å². The molecule has 0 bridgehead atoms. The van der Waals surface area contributed by atoms with Crippen LogP contribution < -0.4 is 0 Å². The summed E-state index contributed by atoms with van der Waals surface area (Å²) >= 11 is 0. The van der Waals surface area contributed by atoms with Crippen molar-refractivity contribution in [2.24, 2.45) is 22.7 Å². The van der Waals surface area contributed by atoms with Crippen LogP contribution in [0.25, 0.3) is 0 Å². The van der Waals surface area contributed by atoms with E-state index in [4.69, 9.17) is 4.99 Å². The van der Waals surface area contributed by atoms with Crippen LogP contribution >= 0.6 is 0 Å². The van der Waals surface area contributed by atoms with Crippen molar-refractivity contribution in [3.8, 4) is 0 Å². The molecule has 1 heterocycles. The molecule has 4 atom stereocenters. The number of hydrogen-bond donors (Lipinski definition) is 1. The van der Waals surface area contributed by atoms with E-state index in [1.54, 1.807) is 5.57 Å². The van der Waals surface area contributed by atoms with E-state index in [9.17, 15) is 5.11 Å². The maximum atomic E-state index is 9.51. The fourth-order valence-corrected chi connectivity index (χ4v) is 3.71. The van der Waals surface area contributed by atoms with Gasteiger partial charge in [0.1, 0.15) is 0 Å². The number of aliphatic hydroxyl groups is 1. The molecule has 0 saturated heterocycles. The van der Waals surface area contributed by atoms with E-state index < -0.39 is 0 Å². The van der Waals surface area contributed by atoms with Crippen LogP contribution in [0.5, 0.6) is 0 Å². The minimum atomic E-state index is 0.277. The van der Waals surface area contributed by atoms with Crippen LogP contribution in [0.15, 0.2) is 28.8 Å². The molecule has 0 fully saturated rings. The number of aliphatic imine (C=N–C) groups is 1. The van der Waals surface area contributed by atoms with Gasteiger partial charge >= 0.3 is 0 Å². The van der Waals surface area contributed by atoms with Gasteiger partial charge in [-0.3, -0.25) is 4.99 Å². The van der Waals surface area contributed by atoms with E-state index >= 15 is 0 Å². The monoisotopic (exact) mass is 245 g/mol. The maximum Gasteiger partial charge on any atom is 0.0565 e. The summed E-state index contributed by atoms with van der Waals surface area (Å²) in [6, 6.07) is 0.424. The second-order valence-electron chi connectivity index (χ2n) is 5.91. The largest absolute Gasteiger partial charge is 0.396 e. The Hall–Kier alpha value is -0.890. The minimum Gasteiger partial charge on any atom is -0.396 e. The lowest BCUT2D eigenvalue weighted by atomic mass is 9.72. The molecular weight excluding hydrogens is 222 g/mol. The van der Waals surface area contributed by atoms with Gasteiger partial charge in [0.15, 0.2) is 0 Å². The zero-order valence-corrected chi connectivity index (χ0v) is 11.0. The maximum absolute atomic E-state index is 9.51. The highest BCUT2D eigenvalue weighted by molar-refractivity contribution is 5.66. The molecule has 0 radical (unpaired) electrons. The van der Waals surface area contributed by atoms with Crippen LogP contribution in [0.2, 0.25) is 0 Å². The van der Waals surface area contributed by atoms with Gasteiger partial charge in [0.25, 0.3) is 0 Å². The van der Waals surface area contributed by atoms with Crippen LogP contribution in [0.1, 0.15) is 38.5 Å². The molecule has 1 N–H and O–H groups in total. The minimum absolute atomic E-state index is 0.277. The van der Waals surface area contributed by atoms with E-state index in [2.05, 4.69) is 24.4 Å². The average molecular weight is 245 g/mol. The van der Waals surface area contributed by atoms with Crippen molar-refractivity contribution in [2.75, 3.05) is 6.61 Å². The lowest BCUT2D eigenvalue weighted by molar-refractivity contribution is 0.169. The van der Waals surface area contributed by atoms with E-state index in [-0.39, 0.29) is 6.61 Å². The molecule has 18 heavy (non-hydrogen) atoms. The molecule has 4 unspecified atom stereocenters. The predicted molar refractivity (Wildman–Crippen MR) is 74.8 cm³/mol. The van der Waals surface area contributed by atoms with Crippen molar-refractivity contribution in [3.63, 3.8) is 0 Å². The topological polar surface area (TPSA) is 32.6 Å². The Morgan fingerprint density at radius 3 is 3.06 bits per heavy atom. The zero-order valence-electron chi connectivity index (χ0n) is 11.0. The number of rotatable bonds is 2. The number of nitrogens with zero attached hydrogens (tertiary/aromatic N) is 1. The summed E-state index contributed by atoms with van der Waals surface area (Å²) in [6.07, 6.45) is 16.5. The fourth-order valence-electron chi connectivity index (χ4n) is 3.71. The molecule has 0 spiro atoms. The van der Waals surface area contributed by atoms with Crippen molar-refractivity contribution in [1.29, 1.82) is 0 Å². The Morgan fingerprint density at radius 2 is 2.28 bits per heavy atom. The molecule has 0 saturated carbocycles. The van der Waals surface area contributed by atoms with Gasteiger partial charge < -0.3 is 5.11 Å². The van der Waals surface area contributed by atoms with Crippen LogP contribution in [0, 0.1) is 17.8 Å². The first-order chi connectivity index (χ1) is 8.88. The van der Waals surface area contributed by atoms with E-state index in [0.717, 1.165) is 6.42 Å². The lowest BCUT2D eigenvalue weighted by Gasteiger charge is -2.38. The molecule has 0 aromatic carbocycles. The van der Waals surface area contributed by atoms with Crippen molar-refractivity contribution in [3.05, 3.63) is 23.8 Å². The van der Waals surface area contributed by atoms with E-state index in [1.807, 2.05) is 0 Å². The molecule has 2 nitrogen and oxygen atoms in total. The fraction of sp³-hybridized carbons (Fsp3) is 0.688. The van der Waals surface area contributed by atoms with Crippen molar-refractivity contribution < 1.29 is 5.11 Å². The van der Waals surface area contributed by atoms with Crippen molar-refractivity contribution in [2.45, 2.75) is 44.6 Å². The van der Waals surface area contributed by atoms with E-state index in [0.29, 0.717) is 23.8 Å². The summed E-state index contributed by atoms with van der Waals surface area (Å²) < 4.78 is 0. The first-order valence-corrected chi connectivity index (χ1v) is 7.38. The highest BCUT2D eigenvalue weighted by Gasteiger charge is 2.35. The Morgan fingerprint density at radius 1 is 1.33 bits per heavy atom. The SMILES string of the molecule is OCC1C=CCC2N=CC(C3=CCCCC3)CC12. The summed E-state index contributed by atoms with van der Waals surface area (Å²) in [6.45, 7) is 0.277. The first kappa shape index (κ1) is 12.2. The van der Waals surface area contributed by atoms with Gasteiger partial charge in [-0.05, 0) is 44.4 Å². The third kappa shape index (κ3) is 2.31. The standard InChI is InChI=1S/C16H23NO/c18-11-13-7-4-8-16-15(13)9-14(10-17-16)12-5-2-1-3-6-12/h4-5,7,10,13-16,18H,1-3,6,8-9,11H2. The normalized spacial score (nSPS) is 39.3. The number of aliphatic hydroxyl groups excluding tert-OH is 1. The molecule has 2 heteroatoms. The van der Waals surface area contributed by atoms with Gasteiger partial charge in [-0.2, -0.15) is 0 Å². The predicted octanol–water partition coefficient (Wildman–Crippen LogP) is 3.13. The smallest absolute Gasteiger partial charge is 0.0565 e. The zero-order chi connectivity index (χ0) is 12.4. The summed E-state index contributed by atoms with van der Waals surface area (Å²) in [5, 5.41) is 9.51. The third-order valence-corrected chi connectivity index (χ3v) is 4.80. The Kier molecular flexibility index (Phi) is 3.64. The van der Waals surface area contributed by atoms with Crippen LogP contribution in [0.4, 0.5) is 0 Å². The van der Waals surface area contributed by atoms with E-state index in [1.165, 1.54) is 32.1 Å².